The number of fused-ring (bicyclic) bond motifs is 1. The molecule has 1 saturated heterocycles. The second-order valence-electron chi connectivity index (χ2n) is 6.42. The molecule has 2 aliphatic rings. The van der Waals surface area contributed by atoms with Crippen molar-refractivity contribution in [2.75, 3.05) is 6.54 Å². The zero-order chi connectivity index (χ0) is 14.3. The van der Waals surface area contributed by atoms with Gasteiger partial charge in [0.25, 0.3) is 0 Å². The van der Waals surface area contributed by atoms with Gasteiger partial charge in [0.1, 0.15) is 5.75 Å². The van der Waals surface area contributed by atoms with E-state index in [0.717, 1.165) is 30.7 Å². The average molecular weight is 274 g/mol. The summed E-state index contributed by atoms with van der Waals surface area (Å²) in [7, 11) is 0. The first kappa shape index (κ1) is 13.3. The van der Waals surface area contributed by atoms with Crippen molar-refractivity contribution in [2.24, 2.45) is 0 Å². The molecule has 20 heavy (non-hydrogen) atoms. The summed E-state index contributed by atoms with van der Waals surface area (Å²) in [6.07, 6.45) is 2.01. The third kappa shape index (κ3) is 2.23. The van der Waals surface area contributed by atoms with Crippen molar-refractivity contribution in [1.29, 1.82) is 0 Å². The number of nitrogens with zero attached hydrogens (tertiary/aromatic N) is 1. The van der Waals surface area contributed by atoms with E-state index in [1.54, 1.807) is 0 Å². The van der Waals surface area contributed by atoms with E-state index in [4.69, 9.17) is 4.74 Å². The van der Waals surface area contributed by atoms with Gasteiger partial charge in [-0.1, -0.05) is 18.2 Å². The number of urea groups is 1. The molecule has 0 saturated carbocycles. The van der Waals surface area contributed by atoms with Crippen LogP contribution < -0.4 is 10.1 Å². The second kappa shape index (κ2) is 4.69. The van der Waals surface area contributed by atoms with Crippen molar-refractivity contribution < 1.29 is 9.53 Å². The first-order valence-corrected chi connectivity index (χ1v) is 7.31. The molecule has 0 aromatic heterocycles. The number of carbonyl (C=O) groups excluding carboxylic acids is 1. The van der Waals surface area contributed by atoms with Crippen molar-refractivity contribution >= 4 is 6.03 Å². The smallest absolute Gasteiger partial charge is 0.318 e. The van der Waals surface area contributed by atoms with E-state index >= 15 is 0 Å². The zero-order valence-electron chi connectivity index (χ0n) is 12.3. The van der Waals surface area contributed by atoms with Gasteiger partial charge < -0.3 is 15.0 Å². The number of ether oxygens (including phenoxy) is 1. The Kier molecular flexibility index (Phi) is 3.11. The number of nitrogens with one attached hydrogen (secondary N) is 1. The molecule has 0 spiro atoms. The summed E-state index contributed by atoms with van der Waals surface area (Å²) in [6, 6.07) is 8.04. The molecule has 1 aromatic rings. The van der Waals surface area contributed by atoms with Gasteiger partial charge in [0.2, 0.25) is 0 Å². The van der Waals surface area contributed by atoms with Gasteiger partial charge in [-0.25, -0.2) is 4.79 Å². The summed E-state index contributed by atoms with van der Waals surface area (Å²) in [5, 5.41) is 3.17. The highest BCUT2D eigenvalue weighted by atomic mass is 16.5. The van der Waals surface area contributed by atoms with Crippen molar-refractivity contribution in [3.8, 4) is 5.75 Å². The molecule has 0 bridgehead atoms. The highest BCUT2D eigenvalue weighted by Gasteiger charge is 2.40. The van der Waals surface area contributed by atoms with Crippen LogP contribution in [0.2, 0.25) is 0 Å². The molecular weight excluding hydrogens is 252 g/mol. The van der Waals surface area contributed by atoms with Gasteiger partial charge in [0, 0.05) is 24.1 Å². The summed E-state index contributed by atoms with van der Waals surface area (Å²) in [6.45, 7) is 7.11. The molecule has 2 amide bonds. The lowest BCUT2D eigenvalue weighted by Gasteiger charge is -2.48. The molecule has 1 fully saturated rings. The van der Waals surface area contributed by atoms with Gasteiger partial charge in [0.15, 0.2) is 0 Å². The maximum Gasteiger partial charge on any atom is 0.318 e. The SMILES string of the molecule is C[C@@H]1C[C@@H](NC(=O)N2CCC2(C)C)c2ccccc2O1. The van der Waals surface area contributed by atoms with E-state index in [-0.39, 0.29) is 23.7 Å². The average Bonchev–Trinajstić information content (AvgIpc) is 2.37. The van der Waals surface area contributed by atoms with Gasteiger partial charge >= 0.3 is 6.03 Å². The highest BCUT2D eigenvalue weighted by molar-refractivity contribution is 5.76. The van der Waals surface area contributed by atoms with Crippen LogP contribution in [0.15, 0.2) is 24.3 Å². The van der Waals surface area contributed by atoms with Crippen LogP contribution in [0.4, 0.5) is 4.79 Å². The summed E-state index contributed by atoms with van der Waals surface area (Å²) in [5.74, 6) is 0.888. The van der Waals surface area contributed by atoms with Crippen molar-refractivity contribution in [3.05, 3.63) is 29.8 Å². The van der Waals surface area contributed by atoms with Crippen LogP contribution in [0.3, 0.4) is 0 Å². The molecule has 0 unspecified atom stereocenters. The van der Waals surface area contributed by atoms with Crippen LogP contribution in [0, 0.1) is 0 Å². The van der Waals surface area contributed by atoms with E-state index < -0.39 is 0 Å². The number of hydrogen-bond acceptors (Lipinski definition) is 2. The Morgan fingerprint density at radius 3 is 2.80 bits per heavy atom. The monoisotopic (exact) mass is 274 g/mol. The Bertz CT molecular complexity index is 527. The Labute approximate surface area is 120 Å². The number of amides is 2. The third-order valence-corrected chi connectivity index (χ3v) is 4.41. The Balaban J connectivity index is 1.76. The van der Waals surface area contributed by atoms with Crippen molar-refractivity contribution in [3.63, 3.8) is 0 Å². The fourth-order valence-corrected chi connectivity index (χ4v) is 3.01. The fraction of sp³-hybridized carbons (Fsp3) is 0.562. The molecule has 2 heterocycles. The maximum atomic E-state index is 12.4. The number of rotatable bonds is 1. The Morgan fingerprint density at radius 2 is 2.15 bits per heavy atom. The summed E-state index contributed by atoms with van der Waals surface area (Å²) < 4.78 is 5.82. The summed E-state index contributed by atoms with van der Waals surface area (Å²) in [4.78, 5) is 14.3. The first-order chi connectivity index (χ1) is 9.47. The molecule has 108 valence electrons. The number of para-hydroxylation sites is 1. The van der Waals surface area contributed by atoms with E-state index in [0.29, 0.717) is 0 Å². The predicted molar refractivity (Wildman–Crippen MR) is 77.8 cm³/mol. The fourth-order valence-electron chi connectivity index (χ4n) is 3.01. The van der Waals surface area contributed by atoms with E-state index in [9.17, 15) is 4.79 Å². The van der Waals surface area contributed by atoms with Crippen LogP contribution in [0.5, 0.6) is 5.75 Å². The van der Waals surface area contributed by atoms with Crippen LogP contribution in [0.25, 0.3) is 0 Å². The topological polar surface area (TPSA) is 41.6 Å². The quantitative estimate of drug-likeness (QED) is 0.855. The third-order valence-electron chi connectivity index (χ3n) is 4.41. The molecule has 4 nitrogen and oxygen atoms in total. The van der Waals surface area contributed by atoms with Gasteiger partial charge in [-0.2, -0.15) is 0 Å². The number of benzene rings is 1. The minimum atomic E-state index is -0.0135. The number of hydrogen-bond donors (Lipinski definition) is 1. The zero-order valence-corrected chi connectivity index (χ0v) is 12.3. The largest absolute Gasteiger partial charge is 0.490 e. The number of carbonyl (C=O) groups is 1. The van der Waals surface area contributed by atoms with E-state index in [1.807, 2.05) is 36.1 Å². The second-order valence-corrected chi connectivity index (χ2v) is 6.42. The van der Waals surface area contributed by atoms with Crippen LogP contribution in [-0.2, 0) is 0 Å². The van der Waals surface area contributed by atoms with Crippen LogP contribution >= 0.6 is 0 Å². The lowest BCUT2D eigenvalue weighted by molar-refractivity contribution is 0.0496. The molecular formula is C16H22N2O2. The minimum Gasteiger partial charge on any atom is -0.490 e. The molecule has 1 N–H and O–H groups in total. The van der Waals surface area contributed by atoms with Gasteiger partial charge in [-0.05, 0) is 33.3 Å². The lowest BCUT2D eigenvalue weighted by Crippen LogP contribution is -2.61. The predicted octanol–water partition coefficient (Wildman–Crippen LogP) is 3.09. The van der Waals surface area contributed by atoms with Gasteiger partial charge in [0.05, 0.1) is 12.1 Å². The Morgan fingerprint density at radius 1 is 1.40 bits per heavy atom. The normalized spacial score (nSPS) is 27.1. The Hall–Kier alpha value is -1.71. The lowest BCUT2D eigenvalue weighted by atomic mass is 9.89. The molecule has 2 atom stereocenters. The molecule has 2 aliphatic heterocycles. The van der Waals surface area contributed by atoms with E-state index in [1.165, 1.54) is 0 Å². The van der Waals surface area contributed by atoms with Gasteiger partial charge in [-0.3, -0.25) is 0 Å². The van der Waals surface area contributed by atoms with Crippen molar-refractivity contribution in [2.45, 2.75) is 51.3 Å². The maximum absolute atomic E-state index is 12.4. The summed E-state index contributed by atoms with van der Waals surface area (Å²) >= 11 is 0. The highest BCUT2D eigenvalue weighted by Crippen LogP contribution is 2.35. The minimum absolute atomic E-state index is 0.0135. The molecule has 3 rings (SSSR count). The van der Waals surface area contributed by atoms with Crippen LogP contribution in [-0.4, -0.2) is 29.1 Å². The van der Waals surface area contributed by atoms with Crippen LogP contribution in [0.1, 0.15) is 45.2 Å². The summed E-state index contributed by atoms with van der Waals surface area (Å²) in [5.41, 5.74) is 1.07. The molecule has 4 heteroatoms. The van der Waals surface area contributed by atoms with Crippen molar-refractivity contribution in [1.82, 2.24) is 10.2 Å². The number of likely N-dealkylation sites (tertiary alicyclic amines) is 1. The molecule has 1 aromatic carbocycles. The van der Waals surface area contributed by atoms with E-state index in [2.05, 4.69) is 19.2 Å². The standard InChI is InChI=1S/C16H22N2O2/c1-11-10-13(12-6-4-5-7-14(12)20-11)17-15(19)18-9-8-16(18,2)3/h4-7,11,13H,8-10H2,1-3H3,(H,17,19)/t11-,13-/m1/s1. The van der Waals surface area contributed by atoms with Gasteiger partial charge in [-0.15, -0.1) is 0 Å². The molecule has 0 radical (unpaired) electrons. The first-order valence-electron chi connectivity index (χ1n) is 7.31. The molecule has 0 aliphatic carbocycles.